The zero-order valence-corrected chi connectivity index (χ0v) is 18.2. The van der Waals surface area contributed by atoms with Crippen LogP contribution < -0.4 is 0 Å². The maximum atomic E-state index is 12.6. The number of aryl methyl sites for hydroxylation is 1. The molecule has 0 aromatic heterocycles. The molecular weight excluding hydrogens is 386 g/mol. The zero-order valence-electron chi connectivity index (χ0n) is 17.3. The maximum Gasteiger partial charge on any atom is 0.242 e. The second kappa shape index (κ2) is 9.07. The van der Waals surface area contributed by atoms with E-state index in [1.807, 2.05) is 42.2 Å². The molecule has 0 saturated carbocycles. The van der Waals surface area contributed by atoms with E-state index in [-0.39, 0.29) is 5.91 Å². The standard InChI is InChI=1S/C22H29N3O3S/c1-18-7-9-19(10-8-18)16-22(26)25-13-11-24(12-14-25)17-20-5-4-6-21(15-20)29(27,28)23(2)3/h4-10,15H,11-14,16-17H2,1-3H3. The molecule has 0 unspecified atom stereocenters. The van der Waals surface area contributed by atoms with Gasteiger partial charge in [-0.3, -0.25) is 9.69 Å². The molecule has 2 aromatic rings. The Morgan fingerprint density at radius 1 is 0.966 bits per heavy atom. The minimum Gasteiger partial charge on any atom is -0.340 e. The third-order valence-electron chi connectivity index (χ3n) is 5.28. The number of benzene rings is 2. The Morgan fingerprint density at radius 3 is 2.24 bits per heavy atom. The van der Waals surface area contributed by atoms with Crippen molar-refractivity contribution in [1.29, 1.82) is 0 Å². The van der Waals surface area contributed by atoms with Gasteiger partial charge in [0.25, 0.3) is 0 Å². The van der Waals surface area contributed by atoms with Gasteiger partial charge in [0, 0.05) is 46.8 Å². The second-order valence-electron chi connectivity index (χ2n) is 7.75. The van der Waals surface area contributed by atoms with Crippen molar-refractivity contribution in [3.8, 4) is 0 Å². The summed E-state index contributed by atoms with van der Waals surface area (Å²) in [7, 11) is -0.358. The van der Waals surface area contributed by atoms with Gasteiger partial charge in [-0.1, -0.05) is 42.0 Å². The van der Waals surface area contributed by atoms with Crippen molar-refractivity contribution in [2.75, 3.05) is 40.3 Å². The van der Waals surface area contributed by atoms with Crippen LogP contribution >= 0.6 is 0 Å². The number of amides is 1. The molecule has 0 atom stereocenters. The van der Waals surface area contributed by atoms with Crippen molar-refractivity contribution in [3.63, 3.8) is 0 Å². The third kappa shape index (κ3) is 5.44. The second-order valence-corrected chi connectivity index (χ2v) is 9.91. The summed E-state index contributed by atoms with van der Waals surface area (Å²) >= 11 is 0. The quantitative estimate of drug-likeness (QED) is 0.725. The Balaban J connectivity index is 1.55. The Bertz CT molecular complexity index is 948. The van der Waals surface area contributed by atoms with Crippen LogP contribution in [0.5, 0.6) is 0 Å². The fourth-order valence-corrected chi connectivity index (χ4v) is 4.39. The summed E-state index contributed by atoms with van der Waals surface area (Å²) in [5, 5.41) is 0. The van der Waals surface area contributed by atoms with Gasteiger partial charge in [-0.2, -0.15) is 0 Å². The predicted molar refractivity (Wildman–Crippen MR) is 114 cm³/mol. The summed E-state index contributed by atoms with van der Waals surface area (Å²) in [6.45, 7) is 5.67. The van der Waals surface area contributed by atoms with Crippen molar-refractivity contribution < 1.29 is 13.2 Å². The average Bonchev–Trinajstić information content (AvgIpc) is 2.70. The summed E-state index contributed by atoms with van der Waals surface area (Å²) in [6.07, 6.45) is 0.435. The summed E-state index contributed by atoms with van der Waals surface area (Å²) < 4.78 is 25.9. The van der Waals surface area contributed by atoms with Crippen LogP contribution in [0.1, 0.15) is 16.7 Å². The van der Waals surface area contributed by atoms with E-state index in [9.17, 15) is 13.2 Å². The number of sulfonamides is 1. The molecule has 29 heavy (non-hydrogen) atoms. The first-order valence-electron chi connectivity index (χ1n) is 9.83. The van der Waals surface area contributed by atoms with Crippen LogP contribution in [0.3, 0.4) is 0 Å². The van der Waals surface area contributed by atoms with Crippen molar-refractivity contribution >= 4 is 15.9 Å². The molecule has 7 heteroatoms. The van der Waals surface area contributed by atoms with E-state index < -0.39 is 10.0 Å². The summed E-state index contributed by atoms with van der Waals surface area (Å²) in [5.74, 6) is 0.160. The van der Waals surface area contributed by atoms with Crippen molar-refractivity contribution in [2.24, 2.45) is 0 Å². The molecule has 156 valence electrons. The van der Waals surface area contributed by atoms with Crippen LogP contribution in [0.25, 0.3) is 0 Å². The first-order chi connectivity index (χ1) is 13.8. The van der Waals surface area contributed by atoms with E-state index in [1.165, 1.54) is 24.0 Å². The average molecular weight is 416 g/mol. The largest absolute Gasteiger partial charge is 0.340 e. The van der Waals surface area contributed by atoms with E-state index in [2.05, 4.69) is 4.90 Å². The first kappa shape index (κ1) is 21.5. The lowest BCUT2D eigenvalue weighted by molar-refractivity contribution is -0.132. The Hall–Kier alpha value is -2.22. The van der Waals surface area contributed by atoms with E-state index in [0.717, 1.165) is 24.2 Å². The number of carbonyl (C=O) groups is 1. The van der Waals surface area contributed by atoms with Crippen LogP contribution in [0.2, 0.25) is 0 Å². The topological polar surface area (TPSA) is 60.9 Å². The van der Waals surface area contributed by atoms with E-state index in [1.54, 1.807) is 18.2 Å². The molecule has 1 amide bonds. The molecule has 1 fully saturated rings. The van der Waals surface area contributed by atoms with Crippen LogP contribution in [0.15, 0.2) is 53.4 Å². The minimum absolute atomic E-state index is 0.160. The number of hydrogen-bond donors (Lipinski definition) is 0. The lowest BCUT2D eigenvalue weighted by Crippen LogP contribution is -2.48. The van der Waals surface area contributed by atoms with Gasteiger partial charge in [-0.25, -0.2) is 12.7 Å². The molecule has 0 radical (unpaired) electrons. The monoisotopic (exact) mass is 415 g/mol. The number of carbonyl (C=O) groups excluding carboxylic acids is 1. The zero-order chi connectivity index (χ0) is 21.0. The Morgan fingerprint density at radius 2 is 1.62 bits per heavy atom. The number of nitrogens with zero attached hydrogens (tertiary/aromatic N) is 3. The highest BCUT2D eigenvalue weighted by Gasteiger charge is 2.22. The van der Waals surface area contributed by atoms with Gasteiger partial charge in [-0.15, -0.1) is 0 Å². The summed E-state index contributed by atoms with van der Waals surface area (Å²) in [4.78, 5) is 17.1. The lowest BCUT2D eigenvalue weighted by atomic mass is 10.1. The molecular formula is C22H29N3O3S. The van der Waals surface area contributed by atoms with Crippen LogP contribution in [0.4, 0.5) is 0 Å². The van der Waals surface area contributed by atoms with Gasteiger partial charge in [0.1, 0.15) is 0 Å². The molecule has 1 saturated heterocycles. The predicted octanol–water partition coefficient (Wildman–Crippen LogP) is 2.13. The van der Waals surface area contributed by atoms with Gasteiger partial charge in [0.05, 0.1) is 11.3 Å². The Labute approximate surface area is 173 Å². The van der Waals surface area contributed by atoms with E-state index in [4.69, 9.17) is 0 Å². The molecule has 1 aliphatic heterocycles. The van der Waals surface area contributed by atoms with Crippen molar-refractivity contribution in [3.05, 3.63) is 65.2 Å². The highest BCUT2D eigenvalue weighted by atomic mass is 32.2. The van der Waals surface area contributed by atoms with Crippen molar-refractivity contribution in [2.45, 2.75) is 24.8 Å². The molecule has 6 nitrogen and oxygen atoms in total. The molecule has 0 aliphatic carbocycles. The number of piperazine rings is 1. The van der Waals surface area contributed by atoms with Gasteiger partial charge >= 0.3 is 0 Å². The van der Waals surface area contributed by atoms with Gasteiger partial charge < -0.3 is 4.90 Å². The molecule has 0 bridgehead atoms. The maximum absolute atomic E-state index is 12.6. The Kier molecular flexibility index (Phi) is 6.72. The van der Waals surface area contributed by atoms with Crippen LogP contribution in [-0.4, -0.2) is 68.7 Å². The molecule has 1 heterocycles. The van der Waals surface area contributed by atoms with Crippen LogP contribution in [-0.2, 0) is 27.8 Å². The molecule has 0 spiro atoms. The molecule has 0 N–H and O–H groups in total. The van der Waals surface area contributed by atoms with E-state index >= 15 is 0 Å². The first-order valence-corrected chi connectivity index (χ1v) is 11.3. The third-order valence-corrected chi connectivity index (χ3v) is 7.10. The SMILES string of the molecule is Cc1ccc(CC(=O)N2CCN(Cc3cccc(S(=O)(=O)N(C)C)c3)CC2)cc1. The smallest absolute Gasteiger partial charge is 0.242 e. The van der Waals surface area contributed by atoms with Gasteiger partial charge in [0.15, 0.2) is 0 Å². The molecule has 3 rings (SSSR count). The minimum atomic E-state index is -3.43. The summed E-state index contributed by atoms with van der Waals surface area (Å²) in [5.41, 5.74) is 3.20. The molecule has 1 aliphatic rings. The fraction of sp³-hybridized carbons (Fsp3) is 0.409. The van der Waals surface area contributed by atoms with Crippen molar-refractivity contribution in [1.82, 2.24) is 14.1 Å². The normalized spacial score (nSPS) is 15.7. The van der Waals surface area contributed by atoms with Gasteiger partial charge in [0.2, 0.25) is 15.9 Å². The van der Waals surface area contributed by atoms with Crippen LogP contribution in [0, 0.1) is 6.92 Å². The number of rotatable bonds is 6. The van der Waals surface area contributed by atoms with E-state index in [0.29, 0.717) is 31.0 Å². The highest BCUT2D eigenvalue weighted by molar-refractivity contribution is 7.89. The fourth-order valence-electron chi connectivity index (χ4n) is 3.42. The summed E-state index contributed by atoms with van der Waals surface area (Å²) in [6, 6.07) is 15.2. The number of hydrogen-bond acceptors (Lipinski definition) is 4. The highest BCUT2D eigenvalue weighted by Crippen LogP contribution is 2.17. The molecule has 2 aromatic carbocycles. The lowest BCUT2D eigenvalue weighted by Gasteiger charge is -2.35. The van der Waals surface area contributed by atoms with Gasteiger partial charge in [-0.05, 0) is 30.2 Å².